The number of methoxy groups -OCH3 is 2. The van der Waals surface area contributed by atoms with Gasteiger partial charge in [-0.05, 0) is 19.8 Å². The van der Waals surface area contributed by atoms with E-state index in [0.29, 0.717) is 13.0 Å². The molecule has 0 atom stereocenters. The number of hydrogen-bond donors (Lipinski definition) is 2. The highest BCUT2D eigenvalue weighted by atomic mass is 127. The summed E-state index contributed by atoms with van der Waals surface area (Å²) >= 11 is 0. The molecule has 0 aromatic heterocycles. The van der Waals surface area contributed by atoms with Gasteiger partial charge in [-0.1, -0.05) is 12.8 Å². The van der Waals surface area contributed by atoms with Crippen molar-refractivity contribution in [3.8, 4) is 0 Å². The van der Waals surface area contributed by atoms with E-state index in [4.69, 9.17) is 4.74 Å². The molecule has 0 amide bonds. The highest BCUT2D eigenvalue weighted by Gasteiger charge is 1.99. The van der Waals surface area contributed by atoms with E-state index < -0.39 is 0 Å². The summed E-state index contributed by atoms with van der Waals surface area (Å²) in [5.74, 6) is 0.707. The van der Waals surface area contributed by atoms with Gasteiger partial charge in [0.1, 0.15) is 0 Å². The van der Waals surface area contributed by atoms with Crippen molar-refractivity contribution in [1.82, 2.24) is 10.6 Å². The zero-order valence-corrected chi connectivity index (χ0v) is 15.8. The molecule has 6 nitrogen and oxygen atoms in total. The van der Waals surface area contributed by atoms with Crippen molar-refractivity contribution in [2.45, 2.75) is 39.0 Å². The lowest BCUT2D eigenvalue weighted by molar-refractivity contribution is -0.140. The van der Waals surface area contributed by atoms with Gasteiger partial charge in [-0.25, -0.2) is 0 Å². The number of esters is 1. The third-order valence-corrected chi connectivity index (χ3v) is 2.73. The molecule has 0 saturated carbocycles. The molecule has 0 spiro atoms. The summed E-state index contributed by atoms with van der Waals surface area (Å²) in [7, 11) is 3.11. The van der Waals surface area contributed by atoms with E-state index in [1.807, 2.05) is 6.92 Å². The van der Waals surface area contributed by atoms with Gasteiger partial charge < -0.3 is 20.1 Å². The minimum atomic E-state index is -0.125. The third kappa shape index (κ3) is 15.6. The summed E-state index contributed by atoms with van der Waals surface area (Å²) in [6, 6.07) is 0. The van der Waals surface area contributed by atoms with Crippen molar-refractivity contribution in [3.63, 3.8) is 0 Å². The minimum Gasteiger partial charge on any atom is -0.469 e. The van der Waals surface area contributed by atoms with Crippen LogP contribution >= 0.6 is 24.0 Å². The largest absolute Gasteiger partial charge is 0.469 e. The normalized spacial score (nSPS) is 10.7. The highest BCUT2D eigenvalue weighted by molar-refractivity contribution is 14.0. The summed E-state index contributed by atoms with van der Waals surface area (Å²) in [6.07, 6.45) is 4.56. The number of nitrogens with zero attached hydrogens (tertiary/aromatic N) is 1. The van der Waals surface area contributed by atoms with Crippen LogP contribution in [0.3, 0.4) is 0 Å². The molecule has 0 saturated heterocycles. The van der Waals surface area contributed by atoms with Crippen molar-refractivity contribution in [2.75, 3.05) is 40.5 Å². The highest BCUT2D eigenvalue weighted by Crippen LogP contribution is 2.03. The maximum atomic E-state index is 10.9. The van der Waals surface area contributed by atoms with Gasteiger partial charge in [0.15, 0.2) is 5.96 Å². The first-order valence-electron chi connectivity index (χ1n) is 7.32. The average molecular weight is 415 g/mol. The van der Waals surface area contributed by atoms with E-state index in [0.717, 1.165) is 51.3 Å². The van der Waals surface area contributed by atoms with Crippen LogP contribution < -0.4 is 10.6 Å². The van der Waals surface area contributed by atoms with Gasteiger partial charge in [-0.2, -0.15) is 0 Å². The Morgan fingerprint density at radius 3 is 2.43 bits per heavy atom. The SMILES string of the molecule is CCNC(=NCCCCCCC(=O)OC)NCCOC.I. The Balaban J connectivity index is 0. The molecular weight excluding hydrogens is 385 g/mol. The second-order valence-corrected chi connectivity index (χ2v) is 4.42. The Kier molecular flexibility index (Phi) is 18.9. The van der Waals surface area contributed by atoms with Gasteiger partial charge in [0.25, 0.3) is 0 Å². The fourth-order valence-corrected chi connectivity index (χ4v) is 1.64. The summed E-state index contributed by atoms with van der Waals surface area (Å²) in [4.78, 5) is 15.4. The van der Waals surface area contributed by atoms with Crippen molar-refractivity contribution in [1.29, 1.82) is 0 Å². The van der Waals surface area contributed by atoms with Crippen molar-refractivity contribution in [3.05, 3.63) is 0 Å². The van der Waals surface area contributed by atoms with Crippen molar-refractivity contribution in [2.24, 2.45) is 4.99 Å². The zero-order chi connectivity index (χ0) is 15.1. The maximum absolute atomic E-state index is 10.9. The topological polar surface area (TPSA) is 72.0 Å². The predicted octanol–water partition coefficient (Wildman–Crippen LogP) is 1.93. The first-order valence-corrected chi connectivity index (χ1v) is 7.32. The fraction of sp³-hybridized carbons (Fsp3) is 0.857. The van der Waals surface area contributed by atoms with Crippen LogP contribution in [0.5, 0.6) is 0 Å². The fourth-order valence-electron chi connectivity index (χ4n) is 1.64. The predicted molar refractivity (Wildman–Crippen MR) is 96.4 cm³/mol. The van der Waals surface area contributed by atoms with Gasteiger partial charge in [0.2, 0.25) is 0 Å². The second-order valence-electron chi connectivity index (χ2n) is 4.42. The lowest BCUT2D eigenvalue weighted by Gasteiger charge is -2.10. The summed E-state index contributed by atoms with van der Waals surface area (Å²) in [6.45, 7) is 5.10. The van der Waals surface area contributed by atoms with Crippen molar-refractivity contribution >= 4 is 35.9 Å². The number of hydrogen-bond acceptors (Lipinski definition) is 4. The number of nitrogens with one attached hydrogen (secondary N) is 2. The first-order chi connectivity index (χ1) is 9.74. The molecule has 21 heavy (non-hydrogen) atoms. The van der Waals surface area contributed by atoms with Crippen LogP contribution in [0.2, 0.25) is 0 Å². The molecule has 0 rings (SSSR count). The second kappa shape index (κ2) is 17.5. The van der Waals surface area contributed by atoms with Gasteiger partial charge >= 0.3 is 5.97 Å². The minimum absolute atomic E-state index is 0. The number of unbranched alkanes of at least 4 members (excludes halogenated alkanes) is 3. The number of carbonyl (C=O) groups excluding carboxylic acids is 1. The molecule has 0 radical (unpaired) electrons. The molecule has 7 heteroatoms. The average Bonchev–Trinajstić information content (AvgIpc) is 2.46. The Morgan fingerprint density at radius 2 is 1.81 bits per heavy atom. The number of halogens is 1. The number of guanidine groups is 1. The number of carbonyl (C=O) groups is 1. The van der Waals surface area contributed by atoms with Crippen molar-refractivity contribution < 1.29 is 14.3 Å². The van der Waals surface area contributed by atoms with Gasteiger partial charge in [0, 0.05) is 33.2 Å². The van der Waals surface area contributed by atoms with Crippen LogP contribution in [0.1, 0.15) is 39.0 Å². The summed E-state index contributed by atoms with van der Waals surface area (Å²) in [5, 5.41) is 6.39. The monoisotopic (exact) mass is 415 g/mol. The Morgan fingerprint density at radius 1 is 1.10 bits per heavy atom. The molecule has 0 fully saturated rings. The van der Waals surface area contributed by atoms with E-state index >= 15 is 0 Å². The van der Waals surface area contributed by atoms with Crippen LogP contribution in [-0.4, -0.2) is 52.4 Å². The Labute approximate surface area is 145 Å². The smallest absolute Gasteiger partial charge is 0.305 e. The third-order valence-electron chi connectivity index (χ3n) is 2.73. The summed E-state index contributed by atoms with van der Waals surface area (Å²) < 4.78 is 9.58. The van der Waals surface area contributed by atoms with E-state index in [9.17, 15) is 4.79 Å². The van der Waals surface area contributed by atoms with Gasteiger partial charge in [0.05, 0.1) is 13.7 Å². The van der Waals surface area contributed by atoms with Crippen LogP contribution in [0.4, 0.5) is 0 Å². The van der Waals surface area contributed by atoms with Crippen LogP contribution in [0.25, 0.3) is 0 Å². The van der Waals surface area contributed by atoms with E-state index in [1.165, 1.54) is 7.11 Å². The molecule has 0 aliphatic rings. The number of aliphatic imine (C=N–C) groups is 1. The molecule has 2 N–H and O–H groups in total. The standard InChI is InChI=1S/C14H29N3O3.HI/c1-4-15-14(17-11-12-19-2)16-10-8-6-5-7-9-13(18)20-3;/h4-12H2,1-3H3,(H2,15,16,17);1H. The van der Waals surface area contributed by atoms with Gasteiger partial charge in [-0.15, -0.1) is 24.0 Å². The molecule has 0 unspecified atom stereocenters. The number of rotatable bonds is 11. The van der Waals surface area contributed by atoms with E-state index in [-0.39, 0.29) is 29.9 Å². The van der Waals surface area contributed by atoms with E-state index in [2.05, 4.69) is 20.4 Å². The van der Waals surface area contributed by atoms with Crippen LogP contribution in [-0.2, 0) is 14.3 Å². The van der Waals surface area contributed by atoms with Gasteiger partial charge in [-0.3, -0.25) is 9.79 Å². The quantitative estimate of drug-likeness (QED) is 0.177. The lowest BCUT2D eigenvalue weighted by Crippen LogP contribution is -2.39. The van der Waals surface area contributed by atoms with E-state index in [1.54, 1.807) is 7.11 Å². The molecule has 126 valence electrons. The van der Waals surface area contributed by atoms with Crippen LogP contribution in [0, 0.1) is 0 Å². The molecule has 0 aromatic carbocycles. The molecule has 0 bridgehead atoms. The molecule has 0 aliphatic heterocycles. The summed E-state index contributed by atoms with van der Waals surface area (Å²) in [5.41, 5.74) is 0. The Hall–Kier alpha value is -0.570. The maximum Gasteiger partial charge on any atom is 0.305 e. The lowest BCUT2D eigenvalue weighted by atomic mass is 10.1. The Bertz CT molecular complexity index is 276. The zero-order valence-electron chi connectivity index (χ0n) is 13.4. The molecule has 0 heterocycles. The number of ether oxygens (including phenoxy) is 2. The molecule has 0 aromatic rings. The van der Waals surface area contributed by atoms with Crippen LogP contribution in [0.15, 0.2) is 4.99 Å². The first kappa shape index (κ1) is 22.7. The molecule has 0 aliphatic carbocycles. The molecular formula is C14H30IN3O3.